The van der Waals surface area contributed by atoms with Gasteiger partial charge in [-0.25, -0.2) is 0 Å². The second-order valence-electron chi connectivity index (χ2n) is 7.42. The molecule has 1 saturated heterocycles. The van der Waals surface area contributed by atoms with Crippen molar-refractivity contribution in [2.75, 3.05) is 31.6 Å². The quantitative estimate of drug-likeness (QED) is 0.838. The third kappa shape index (κ3) is 3.18. The van der Waals surface area contributed by atoms with E-state index in [9.17, 15) is 9.59 Å². The number of hydrogen-bond donors (Lipinski definition) is 0. The lowest BCUT2D eigenvalue weighted by molar-refractivity contribution is -0.139. The molecule has 2 aromatic rings. The number of carbonyl (C=O) groups excluding carboxylic acids is 2. The molecule has 2 aromatic carbocycles. The van der Waals surface area contributed by atoms with E-state index in [4.69, 9.17) is 4.74 Å². The fourth-order valence-corrected chi connectivity index (χ4v) is 3.81. The number of nitrogens with zero attached hydrogens (tertiary/aromatic N) is 2. The Balaban J connectivity index is 1.47. The SMILES string of the molecule is COc1ccc(C2(C(=O)N3CCN(c4ccc(C)cc4)C(=O)C3)CC2)cc1. The van der Waals surface area contributed by atoms with Crippen LogP contribution in [0.25, 0.3) is 0 Å². The third-order valence-corrected chi connectivity index (χ3v) is 5.66. The van der Waals surface area contributed by atoms with Gasteiger partial charge in [-0.3, -0.25) is 9.59 Å². The Kier molecular flexibility index (Phi) is 4.38. The van der Waals surface area contributed by atoms with Crippen LogP contribution in [0.3, 0.4) is 0 Å². The van der Waals surface area contributed by atoms with Gasteiger partial charge in [-0.05, 0) is 49.6 Å². The van der Waals surface area contributed by atoms with Crippen LogP contribution in [-0.4, -0.2) is 43.5 Å². The number of rotatable bonds is 4. The number of hydrogen-bond acceptors (Lipinski definition) is 3. The van der Waals surface area contributed by atoms with Crippen molar-refractivity contribution in [3.05, 3.63) is 59.7 Å². The van der Waals surface area contributed by atoms with Crippen molar-refractivity contribution in [2.24, 2.45) is 0 Å². The molecule has 0 spiro atoms. The summed E-state index contributed by atoms with van der Waals surface area (Å²) in [6.07, 6.45) is 1.68. The number of benzene rings is 2. The van der Waals surface area contributed by atoms with Crippen molar-refractivity contribution in [3.8, 4) is 5.75 Å². The summed E-state index contributed by atoms with van der Waals surface area (Å²) in [6, 6.07) is 15.6. The summed E-state index contributed by atoms with van der Waals surface area (Å²) in [6.45, 7) is 3.27. The molecule has 2 amide bonds. The topological polar surface area (TPSA) is 49.9 Å². The van der Waals surface area contributed by atoms with E-state index in [1.165, 1.54) is 0 Å². The molecule has 1 aliphatic carbocycles. The van der Waals surface area contributed by atoms with Crippen LogP contribution >= 0.6 is 0 Å². The van der Waals surface area contributed by atoms with Gasteiger partial charge in [0.1, 0.15) is 12.3 Å². The number of ether oxygens (including phenoxy) is 1. The molecule has 0 bridgehead atoms. The molecule has 0 N–H and O–H groups in total. The maximum Gasteiger partial charge on any atom is 0.246 e. The highest BCUT2D eigenvalue weighted by Crippen LogP contribution is 2.50. The summed E-state index contributed by atoms with van der Waals surface area (Å²) in [5.41, 5.74) is 2.62. The monoisotopic (exact) mass is 364 g/mol. The van der Waals surface area contributed by atoms with E-state index in [1.807, 2.05) is 55.5 Å². The van der Waals surface area contributed by atoms with Gasteiger partial charge in [0.2, 0.25) is 11.8 Å². The van der Waals surface area contributed by atoms with Gasteiger partial charge in [-0.2, -0.15) is 0 Å². The molecule has 4 rings (SSSR count). The summed E-state index contributed by atoms with van der Waals surface area (Å²) in [7, 11) is 1.63. The second-order valence-corrected chi connectivity index (χ2v) is 7.42. The van der Waals surface area contributed by atoms with Crippen LogP contribution in [0.5, 0.6) is 5.75 Å². The fraction of sp³-hybridized carbons (Fsp3) is 0.364. The van der Waals surface area contributed by atoms with Crippen molar-refractivity contribution in [1.29, 1.82) is 0 Å². The Morgan fingerprint density at radius 3 is 2.22 bits per heavy atom. The molecule has 1 aliphatic heterocycles. The lowest BCUT2D eigenvalue weighted by Crippen LogP contribution is -2.54. The molecule has 0 unspecified atom stereocenters. The Labute approximate surface area is 159 Å². The van der Waals surface area contributed by atoms with Crippen LogP contribution in [-0.2, 0) is 15.0 Å². The van der Waals surface area contributed by atoms with Gasteiger partial charge in [-0.15, -0.1) is 0 Å². The predicted octanol–water partition coefficient (Wildman–Crippen LogP) is 2.91. The Hall–Kier alpha value is -2.82. The van der Waals surface area contributed by atoms with E-state index in [-0.39, 0.29) is 18.4 Å². The molecule has 2 aliphatic rings. The number of methoxy groups -OCH3 is 1. The zero-order valence-corrected chi connectivity index (χ0v) is 15.8. The van der Waals surface area contributed by atoms with Gasteiger partial charge < -0.3 is 14.5 Å². The minimum atomic E-state index is -0.460. The Bertz CT molecular complexity index is 854. The number of piperazine rings is 1. The van der Waals surface area contributed by atoms with Crippen LogP contribution in [0, 0.1) is 6.92 Å². The minimum Gasteiger partial charge on any atom is -0.497 e. The van der Waals surface area contributed by atoms with Crippen molar-refractivity contribution in [3.63, 3.8) is 0 Å². The summed E-state index contributed by atoms with van der Waals surface area (Å²) < 4.78 is 5.21. The summed E-state index contributed by atoms with van der Waals surface area (Å²) in [5, 5.41) is 0. The highest BCUT2D eigenvalue weighted by Gasteiger charge is 2.53. The average molecular weight is 364 g/mol. The molecule has 5 nitrogen and oxygen atoms in total. The van der Waals surface area contributed by atoms with E-state index in [0.717, 1.165) is 35.4 Å². The molecule has 27 heavy (non-hydrogen) atoms. The maximum absolute atomic E-state index is 13.2. The normalized spacial score (nSPS) is 18.4. The van der Waals surface area contributed by atoms with Gasteiger partial charge in [0, 0.05) is 18.8 Å². The van der Waals surface area contributed by atoms with Crippen LogP contribution < -0.4 is 9.64 Å². The van der Waals surface area contributed by atoms with E-state index in [2.05, 4.69) is 0 Å². The van der Waals surface area contributed by atoms with Crippen molar-refractivity contribution in [1.82, 2.24) is 4.90 Å². The van der Waals surface area contributed by atoms with Crippen LogP contribution in [0.1, 0.15) is 24.0 Å². The van der Waals surface area contributed by atoms with Crippen LogP contribution in [0.15, 0.2) is 48.5 Å². The maximum atomic E-state index is 13.2. The molecule has 5 heteroatoms. The smallest absolute Gasteiger partial charge is 0.246 e. The van der Waals surface area contributed by atoms with Gasteiger partial charge in [0.15, 0.2) is 0 Å². The summed E-state index contributed by atoms with van der Waals surface area (Å²) >= 11 is 0. The van der Waals surface area contributed by atoms with Crippen molar-refractivity contribution < 1.29 is 14.3 Å². The zero-order chi connectivity index (χ0) is 19.0. The van der Waals surface area contributed by atoms with E-state index in [1.54, 1.807) is 16.9 Å². The first-order chi connectivity index (χ1) is 13.0. The van der Waals surface area contributed by atoms with E-state index >= 15 is 0 Å². The zero-order valence-electron chi connectivity index (χ0n) is 15.8. The summed E-state index contributed by atoms with van der Waals surface area (Å²) in [5.74, 6) is 0.831. The predicted molar refractivity (Wildman–Crippen MR) is 104 cm³/mol. The molecule has 0 atom stereocenters. The Morgan fingerprint density at radius 1 is 1.00 bits per heavy atom. The number of anilines is 1. The lowest BCUT2D eigenvalue weighted by atomic mass is 9.94. The molecule has 0 radical (unpaired) electrons. The molecule has 140 valence electrons. The van der Waals surface area contributed by atoms with Gasteiger partial charge >= 0.3 is 0 Å². The number of amides is 2. The van der Waals surface area contributed by atoms with Crippen LogP contribution in [0.4, 0.5) is 5.69 Å². The van der Waals surface area contributed by atoms with Gasteiger partial charge in [0.25, 0.3) is 0 Å². The average Bonchev–Trinajstić information content (AvgIpc) is 3.50. The molecular formula is C22H24N2O3. The van der Waals surface area contributed by atoms with Gasteiger partial charge in [0.05, 0.1) is 12.5 Å². The van der Waals surface area contributed by atoms with Crippen LogP contribution in [0.2, 0.25) is 0 Å². The molecule has 1 saturated carbocycles. The number of carbonyl (C=O) groups is 2. The number of aryl methyl sites for hydroxylation is 1. The van der Waals surface area contributed by atoms with Crippen molar-refractivity contribution >= 4 is 17.5 Å². The Morgan fingerprint density at radius 2 is 1.67 bits per heavy atom. The molecule has 2 fully saturated rings. The highest BCUT2D eigenvalue weighted by atomic mass is 16.5. The van der Waals surface area contributed by atoms with E-state index in [0.29, 0.717) is 13.1 Å². The minimum absolute atomic E-state index is 0.0241. The van der Waals surface area contributed by atoms with Crippen molar-refractivity contribution in [2.45, 2.75) is 25.2 Å². The van der Waals surface area contributed by atoms with Gasteiger partial charge in [-0.1, -0.05) is 29.8 Å². The fourth-order valence-electron chi connectivity index (χ4n) is 3.81. The van der Waals surface area contributed by atoms with E-state index < -0.39 is 5.41 Å². The highest BCUT2D eigenvalue weighted by molar-refractivity contribution is 6.00. The largest absolute Gasteiger partial charge is 0.497 e. The first-order valence-corrected chi connectivity index (χ1v) is 9.34. The lowest BCUT2D eigenvalue weighted by Gasteiger charge is -2.36. The molecular weight excluding hydrogens is 340 g/mol. The first-order valence-electron chi connectivity index (χ1n) is 9.34. The third-order valence-electron chi connectivity index (χ3n) is 5.66. The molecule has 0 aromatic heterocycles. The standard InChI is InChI=1S/C22H24N2O3/c1-16-3-7-18(8-4-16)24-14-13-23(15-20(24)25)21(26)22(11-12-22)17-5-9-19(27-2)10-6-17/h3-10H,11-15H2,1-2H3. The second kappa shape index (κ2) is 6.72. The molecule has 1 heterocycles. The summed E-state index contributed by atoms with van der Waals surface area (Å²) in [4.78, 5) is 29.4. The first kappa shape index (κ1) is 17.6.